The topological polar surface area (TPSA) is 179 Å². The van der Waals surface area contributed by atoms with Crippen LogP contribution in [0, 0.1) is 0 Å². The van der Waals surface area contributed by atoms with E-state index in [1.54, 1.807) is 0 Å². The quantitative estimate of drug-likeness (QED) is 0.333. The maximum absolute atomic E-state index is 8.89. The van der Waals surface area contributed by atoms with Crippen LogP contribution in [0.2, 0.25) is 0 Å². The molecule has 0 heterocycles. The summed E-state index contributed by atoms with van der Waals surface area (Å²) in [5.41, 5.74) is 6.81. The molecule has 0 spiro atoms. The van der Waals surface area contributed by atoms with Gasteiger partial charge in [-0.25, -0.2) is 5.48 Å². The monoisotopic (exact) mass is 311 g/mol. The summed E-state index contributed by atoms with van der Waals surface area (Å²) >= 11 is 0. The first-order valence-electron chi connectivity index (χ1n) is 4.21. The van der Waals surface area contributed by atoms with E-state index in [0.717, 1.165) is 20.8 Å². The van der Waals surface area contributed by atoms with Gasteiger partial charge in [-0.3, -0.25) is 0 Å². The fraction of sp³-hybridized carbons (Fsp3) is 0.625. The van der Waals surface area contributed by atoms with E-state index in [9.17, 15) is 0 Å². The number of carboxylic acid groups (broad SMARTS) is 3. The number of aliphatic carboxylic acids is 3. The van der Waals surface area contributed by atoms with Gasteiger partial charge >= 0.3 is 16.5 Å². The summed E-state index contributed by atoms with van der Waals surface area (Å²) < 4.78 is 0. The first kappa shape index (κ1) is 30.1. The molecule has 10 heteroatoms. The minimum absolute atomic E-state index is 0. The second-order valence-corrected chi connectivity index (χ2v) is 2.17. The van der Waals surface area contributed by atoms with Crippen molar-refractivity contribution >= 4 is 17.9 Å². The Morgan fingerprint density at radius 3 is 1.17 bits per heavy atom. The molecule has 0 amide bonds. The number of hydroxylamine groups is 1. The maximum Gasteiger partial charge on any atom is 3.00 e. The third-order valence-corrected chi connectivity index (χ3v) is 0.256. The van der Waals surface area contributed by atoms with Crippen LogP contribution in [0.15, 0.2) is 0 Å². The van der Waals surface area contributed by atoms with Crippen LogP contribution in [-0.2, 0) is 30.9 Å². The van der Waals surface area contributed by atoms with E-state index in [0.29, 0.717) is 13.1 Å². The van der Waals surface area contributed by atoms with Gasteiger partial charge in [-0.2, -0.15) is 0 Å². The molecule has 0 saturated heterocycles. The molecule has 0 aromatic rings. The van der Waals surface area contributed by atoms with Crippen LogP contribution in [0.1, 0.15) is 20.8 Å². The molecule has 0 aromatic carbocycles. The Bertz CT molecular complexity index is 159. The molecule has 0 aliphatic carbocycles. The van der Waals surface area contributed by atoms with Gasteiger partial charge < -0.3 is 40.6 Å². The summed E-state index contributed by atoms with van der Waals surface area (Å²) in [6.45, 7) is 3.87. The predicted molar refractivity (Wildman–Crippen MR) is 50.9 cm³/mol. The van der Waals surface area contributed by atoms with Crippen LogP contribution in [0.5, 0.6) is 0 Å². The molecular formula is C8H17N2NiO7. The fourth-order valence-corrected chi connectivity index (χ4v) is 0.0645. The molecule has 0 aromatic heterocycles. The van der Waals surface area contributed by atoms with Crippen molar-refractivity contribution in [2.45, 2.75) is 20.8 Å². The van der Waals surface area contributed by atoms with Crippen LogP contribution in [-0.4, -0.2) is 36.2 Å². The van der Waals surface area contributed by atoms with Gasteiger partial charge in [0, 0.05) is 31.0 Å². The molecule has 0 atom stereocenters. The van der Waals surface area contributed by atoms with Gasteiger partial charge in [0.05, 0.1) is 0 Å². The van der Waals surface area contributed by atoms with E-state index in [1.165, 1.54) is 0 Å². The first-order chi connectivity index (χ1) is 7.61. The SMILES string of the molecule is CC(=O)[O-].CC(=O)[O-].CC(=O)[O-].NCCNO.[Ni+3]. The second-order valence-electron chi connectivity index (χ2n) is 2.17. The molecule has 0 saturated carbocycles. The summed E-state index contributed by atoms with van der Waals surface area (Å²) in [7, 11) is 0. The van der Waals surface area contributed by atoms with Crippen molar-refractivity contribution in [2.75, 3.05) is 13.1 Å². The van der Waals surface area contributed by atoms with E-state index in [4.69, 9.17) is 40.6 Å². The van der Waals surface area contributed by atoms with Crippen LogP contribution < -0.4 is 26.5 Å². The van der Waals surface area contributed by atoms with Crippen LogP contribution in [0.4, 0.5) is 0 Å². The van der Waals surface area contributed by atoms with Crippen LogP contribution in [0.3, 0.4) is 0 Å². The number of hydrogen-bond acceptors (Lipinski definition) is 9. The molecule has 0 unspecified atom stereocenters. The minimum Gasteiger partial charge on any atom is -0.550 e. The molecule has 0 rings (SSSR count). The molecule has 0 aliphatic rings. The number of carbonyl (C=O) groups is 3. The summed E-state index contributed by atoms with van der Waals surface area (Å²) in [5.74, 6) is -3.25. The Labute approximate surface area is 115 Å². The van der Waals surface area contributed by atoms with E-state index in [-0.39, 0.29) is 16.5 Å². The first-order valence-corrected chi connectivity index (χ1v) is 4.21. The van der Waals surface area contributed by atoms with Crippen molar-refractivity contribution in [1.29, 1.82) is 0 Å². The van der Waals surface area contributed by atoms with Crippen molar-refractivity contribution in [3.8, 4) is 0 Å². The smallest absolute Gasteiger partial charge is 0.550 e. The largest absolute Gasteiger partial charge is 3.00 e. The molecule has 111 valence electrons. The average Bonchev–Trinajstić information content (AvgIpc) is 2.01. The van der Waals surface area contributed by atoms with Gasteiger partial charge in [0.2, 0.25) is 0 Å². The van der Waals surface area contributed by atoms with Gasteiger partial charge in [0.15, 0.2) is 0 Å². The third kappa shape index (κ3) is 4580. The molecule has 9 nitrogen and oxygen atoms in total. The van der Waals surface area contributed by atoms with E-state index in [2.05, 4.69) is 0 Å². The summed E-state index contributed by atoms with van der Waals surface area (Å²) in [6.07, 6.45) is 0. The number of rotatable bonds is 2. The predicted octanol–water partition coefficient (Wildman–Crippen LogP) is -4.81. The molecule has 0 bridgehead atoms. The fourth-order valence-electron chi connectivity index (χ4n) is 0.0645. The van der Waals surface area contributed by atoms with Gasteiger partial charge in [-0.1, -0.05) is 0 Å². The Morgan fingerprint density at radius 1 is 1.00 bits per heavy atom. The number of carbonyl (C=O) groups excluding carboxylic acids is 3. The Hall–Kier alpha value is -1.22. The number of nitrogens with one attached hydrogen (secondary N) is 1. The van der Waals surface area contributed by atoms with Crippen molar-refractivity contribution in [2.24, 2.45) is 5.73 Å². The molecule has 1 radical (unpaired) electrons. The molecule has 4 N–H and O–H groups in total. The Kier molecular flexibility index (Phi) is 49.6. The zero-order valence-corrected chi connectivity index (χ0v) is 11.2. The van der Waals surface area contributed by atoms with Crippen LogP contribution >= 0.6 is 0 Å². The standard InChI is InChI=1S/C2H8N2O.3C2H4O2.Ni/c3-1-2-4-5;3*1-2(3)4;/h4-5H,1-3H2;3*1H3,(H,3,4);/q;;;;+3/p-3. The Balaban J connectivity index is -0.0000000412. The van der Waals surface area contributed by atoms with Crippen molar-refractivity contribution < 1.29 is 51.4 Å². The van der Waals surface area contributed by atoms with Gasteiger partial charge in [0.25, 0.3) is 0 Å². The van der Waals surface area contributed by atoms with E-state index < -0.39 is 17.9 Å². The second kappa shape index (κ2) is 29.7. The zero-order valence-electron chi connectivity index (χ0n) is 10.2. The zero-order chi connectivity index (χ0) is 14.9. The average molecular weight is 312 g/mol. The van der Waals surface area contributed by atoms with Gasteiger partial charge in [-0.15, -0.1) is 0 Å². The molecular weight excluding hydrogens is 295 g/mol. The normalized spacial score (nSPS) is 6.50. The van der Waals surface area contributed by atoms with Crippen molar-refractivity contribution in [3.05, 3.63) is 0 Å². The van der Waals surface area contributed by atoms with Gasteiger partial charge in [-0.05, 0) is 20.8 Å². The molecule has 0 aliphatic heterocycles. The maximum atomic E-state index is 8.89. The number of hydrogen-bond donors (Lipinski definition) is 3. The van der Waals surface area contributed by atoms with E-state index >= 15 is 0 Å². The van der Waals surface area contributed by atoms with Gasteiger partial charge in [0.1, 0.15) is 0 Å². The summed E-state index contributed by atoms with van der Waals surface area (Å²) in [6, 6.07) is 0. The Morgan fingerprint density at radius 2 is 1.17 bits per heavy atom. The van der Waals surface area contributed by atoms with Crippen LogP contribution in [0.25, 0.3) is 0 Å². The summed E-state index contributed by atoms with van der Waals surface area (Å²) in [4.78, 5) is 26.7. The molecule has 0 fully saturated rings. The van der Waals surface area contributed by atoms with Crippen molar-refractivity contribution in [3.63, 3.8) is 0 Å². The number of nitrogens with two attached hydrogens (primary N) is 1. The minimum atomic E-state index is -1.08. The third-order valence-electron chi connectivity index (χ3n) is 0.256. The van der Waals surface area contributed by atoms with Crippen molar-refractivity contribution in [1.82, 2.24) is 5.48 Å². The summed E-state index contributed by atoms with van der Waals surface area (Å²) in [5, 5.41) is 34.4. The number of carboxylic acids is 3. The van der Waals surface area contributed by atoms with E-state index in [1.807, 2.05) is 5.48 Å². The molecule has 18 heavy (non-hydrogen) atoms.